The van der Waals surface area contributed by atoms with Gasteiger partial charge in [-0.1, -0.05) is 24.3 Å². The highest BCUT2D eigenvalue weighted by atomic mass is 127. The molecule has 0 bridgehead atoms. The van der Waals surface area contributed by atoms with Gasteiger partial charge in [0.15, 0.2) is 0 Å². The van der Waals surface area contributed by atoms with Gasteiger partial charge in [0.1, 0.15) is 0 Å². The lowest BCUT2D eigenvalue weighted by atomic mass is 10.1. The molecule has 0 atom stereocenters. The van der Waals surface area contributed by atoms with Gasteiger partial charge in [-0.2, -0.15) is 0 Å². The van der Waals surface area contributed by atoms with Crippen molar-refractivity contribution in [2.24, 2.45) is 0 Å². The van der Waals surface area contributed by atoms with Crippen LogP contribution in [-0.4, -0.2) is 37.2 Å². The molecule has 0 spiro atoms. The standard InChI is InChI=1S/C16H21N2.HI/c1-18(2,3)12-5-4-7-14-9-10-16-15(13-14)8-6-11-17-16;/h4,6-11,13H,5,12H2,1-3H3;1H/q+1;/p-1/b7-4+;. The predicted octanol–water partition coefficient (Wildman–Crippen LogP) is 0.348. The molecule has 102 valence electrons. The van der Waals surface area contributed by atoms with Crippen molar-refractivity contribution in [1.29, 1.82) is 0 Å². The Hall–Kier alpha value is -0.940. The smallest absolute Gasteiger partial charge is 0.0815 e. The molecule has 2 rings (SSSR count). The molecular formula is C16H21IN2. The molecule has 19 heavy (non-hydrogen) atoms. The van der Waals surface area contributed by atoms with Gasteiger partial charge in [0, 0.05) is 18.0 Å². The molecule has 1 aromatic heterocycles. The van der Waals surface area contributed by atoms with Crippen LogP contribution < -0.4 is 24.0 Å². The van der Waals surface area contributed by atoms with E-state index < -0.39 is 0 Å². The molecule has 1 aromatic carbocycles. The first-order valence-electron chi connectivity index (χ1n) is 6.36. The molecule has 0 radical (unpaired) electrons. The van der Waals surface area contributed by atoms with E-state index in [1.54, 1.807) is 0 Å². The molecule has 0 fully saturated rings. The van der Waals surface area contributed by atoms with Gasteiger partial charge in [0.25, 0.3) is 0 Å². The van der Waals surface area contributed by atoms with Gasteiger partial charge >= 0.3 is 0 Å². The number of hydrogen-bond acceptors (Lipinski definition) is 1. The SMILES string of the molecule is C[N+](C)(C)CC/C=C/c1ccc2ncccc2c1.[I-]. The molecule has 0 amide bonds. The van der Waals surface area contributed by atoms with Crippen molar-refractivity contribution in [3.63, 3.8) is 0 Å². The first-order valence-corrected chi connectivity index (χ1v) is 6.36. The molecule has 0 N–H and O–H groups in total. The zero-order valence-corrected chi connectivity index (χ0v) is 14.0. The van der Waals surface area contributed by atoms with Crippen LogP contribution in [0.4, 0.5) is 0 Å². The van der Waals surface area contributed by atoms with E-state index in [1.807, 2.05) is 12.3 Å². The average Bonchev–Trinajstić information content (AvgIpc) is 2.33. The van der Waals surface area contributed by atoms with Crippen molar-refractivity contribution >= 4 is 17.0 Å². The Kier molecular flexibility index (Phi) is 5.94. The van der Waals surface area contributed by atoms with Gasteiger partial charge in [-0.15, -0.1) is 0 Å². The number of aromatic nitrogens is 1. The molecule has 2 nitrogen and oxygen atoms in total. The number of rotatable bonds is 4. The fourth-order valence-electron chi connectivity index (χ4n) is 1.88. The fourth-order valence-corrected chi connectivity index (χ4v) is 1.88. The van der Waals surface area contributed by atoms with Crippen molar-refractivity contribution in [2.75, 3.05) is 27.7 Å². The molecule has 0 aliphatic rings. The molecule has 3 heteroatoms. The van der Waals surface area contributed by atoms with Gasteiger partial charge < -0.3 is 28.5 Å². The lowest BCUT2D eigenvalue weighted by Gasteiger charge is -2.22. The molecule has 1 heterocycles. The number of halogens is 1. The number of quaternary nitrogens is 1. The molecule has 0 aliphatic carbocycles. The minimum Gasteiger partial charge on any atom is -1.00 e. The summed E-state index contributed by atoms with van der Waals surface area (Å²) in [6.45, 7) is 1.16. The van der Waals surface area contributed by atoms with Crippen LogP contribution in [0.25, 0.3) is 17.0 Å². The topological polar surface area (TPSA) is 12.9 Å². The molecule has 2 aromatic rings. The van der Waals surface area contributed by atoms with Gasteiger partial charge in [0.05, 0.1) is 33.2 Å². The van der Waals surface area contributed by atoms with E-state index in [9.17, 15) is 0 Å². The third-order valence-electron chi connectivity index (χ3n) is 2.90. The summed E-state index contributed by atoms with van der Waals surface area (Å²) in [5, 5.41) is 1.20. The third-order valence-corrected chi connectivity index (χ3v) is 2.90. The Balaban J connectivity index is 0.00000180. The highest BCUT2D eigenvalue weighted by Gasteiger charge is 2.03. The van der Waals surface area contributed by atoms with E-state index in [4.69, 9.17) is 0 Å². The monoisotopic (exact) mass is 368 g/mol. The van der Waals surface area contributed by atoms with Gasteiger partial charge in [0.2, 0.25) is 0 Å². The number of pyridine rings is 1. The van der Waals surface area contributed by atoms with Crippen molar-refractivity contribution in [3.05, 3.63) is 48.2 Å². The molecule has 0 unspecified atom stereocenters. The number of nitrogens with zero attached hydrogens (tertiary/aromatic N) is 2. The van der Waals surface area contributed by atoms with E-state index in [-0.39, 0.29) is 24.0 Å². The van der Waals surface area contributed by atoms with Gasteiger partial charge in [-0.25, -0.2) is 0 Å². The third kappa shape index (κ3) is 5.28. The zero-order valence-electron chi connectivity index (χ0n) is 11.8. The van der Waals surface area contributed by atoms with E-state index in [2.05, 4.69) is 62.5 Å². The van der Waals surface area contributed by atoms with Crippen LogP contribution in [0.2, 0.25) is 0 Å². The van der Waals surface area contributed by atoms with Crippen molar-refractivity contribution < 1.29 is 28.5 Å². The van der Waals surface area contributed by atoms with E-state index >= 15 is 0 Å². The van der Waals surface area contributed by atoms with Crippen LogP contribution >= 0.6 is 0 Å². The van der Waals surface area contributed by atoms with Crippen LogP contribution in [0.3, 0.4) is 0 Å². The highest BCUT2D eigenvalue weighted by Crippen LogP contribution is 2.14. The lowest BCUT2D eigenvalue weighted by molar-refractivity contribution is -0.869. The summed E-state index contributed by atoms with van der Waals surface area (Å²) in [6, 6.07) is 10.5. The summed E-state index contributed by atoms with van der Waals surface area (Å²) in [5.41, 5.74) is 2.30. The highest BCUT2D eigenvalue weighted by molar-refractivity contribution is 5.80. The molecular weight excluding hydrogens is 347 g/mol. The Morgan fingerprint density at radius 2 is 1.95 bits per heavy atom. The fraction of sp³-hybridized carbons (Fsp3) is 0.312. The molecule has 0 aliphatic heterocycles. The molecule has 0 saturated carbocycles. The van der Waals surface area contributed by atoms with E-state index in [1.165, 1.54) is 10.9 Å². The van der Waals surface area contributed by atoms with Crippen molar-refractivity contribution in [1.82, 2.24) is 4.98 Å². The first kappa shape index (κ1) is 16.1. The van der Waals surface area contributed by atoms with Crippen LogP contribution in [0, 0.1) is 0 Å². The summed E-state index contributed by atoms with van der Waals surface area (Å²) in [5.74, 6) is 0. The first-order chi connectivity index (χ1) is 8.54. The summed E-state index contributed by atoms with van der Waals surface area (Å²) < 4.78 is 1.01. The average molecular weight is 368 g/mol. The van der Waals surface area contributed by atoms with Crippen molar-refractivity contribution in [2.45, 2.75) is 6.42 Å². The second kappa shape index (κ2) is 7.01. The maximum absolute atomic E-state index is 4.32. The maximum Gasteiger partial charge on any atom is 0.0815 e. The Labute approximate surface area is 132 Å². The maximum atomic E-state index is 4.32. The lowest BCUT2D eigenvalue weighted by Crippen LogP contribution is -3.00. The minimum atomic E-state index is 0. The number of fused-ring (bicyclic) bond motifs is 1. The Bertz CT molecular complexity index is 556. The summed E-state index contributed by atoms with van der Waals surface area (Å²) >= 11 is 0. The second-order valence-corrected chi connectivity index (χ2v) is 5.66. The van der Waals surface area contributed by atoms with E-state index in [0.29, 0.717) is 0 Å². The second-order valence-electron chi connectivity index (χ2n) is 5.66. The van der Waals surface area contributed by atoms with E-state index in [0.717, 1.165) is 23.0 Å². The van der Waals surface area contributed by atoms with Gasteiger partial charge in [-0.3, -0.25) is 4.98 Å². The zero-order chi connectivity index (χ0) is 13.0. The number of benzene rings is 1. The Morgan fingerprint density at radius 3 is 2.68 bits per heavy atom. The predicted molar refractivity (Wildman–Crippen MR) is 78.3 cm³/mol. The van der Waals surface area contributed by atoms with Crippen LogP contribution in [0.5, 0.6) is 0 Å². The minimum absolute atomic E-state index is 0. The van der Waals surface area contributed by atoms with Crippen LogP contribution in [-0.2, 0) is 0 Å². The molecule has 0 saturated heterocycles. The van der Waals surface area contributed by atoms with Crippen LogP contribution in [0.15, 0.2) is 42.6 Å². The summed E-state index contributed by atoms with van der Waals surface area (Å²) in [4.78, 5) is 4.32. The normalized spacial score (nSPS) is 11.7. The summed E-state index contributed by atoms with van der Waals surface area (Å²) in [6.07, 6.45) is 7.39. The van der Waals surface area contributed by atoms with Crippen molar-refractivity contribution in [3.8, 4) is 0 Å². The van der Waals surface area contributed by atoms with Crippen LogP contribution in [0.1, 0.15) is 12.0 Å². The summed E-state index contributed by atoms with van der Waals surface area (Å²) in [7, 11) is 6.65. The quantitative estimate of drug-likeness (QED) is 0.561. The number of hydrogen-bond donors (Lipinski definition) is 0. The largest absolute Gasteiger partial charge is 1.00 e. The Morgan fingerprint density at radius 1 is 1.16 bits per heavy atom. The van der Waals surface area contributed by atoms with Gasteiger partial charge in [-0.05, 0) is 23.8 Å².